The van der Waals surface area contributed by atoms with Gasteiger partial charge in [0.1, 0.15) is 5.75 Å². The number of aromatic carboxylic acids is 1. The molecule has 0 unspecified atom stereocenters. The Hall–Kier alpha value is -3.48. The van der Waals surface area contributed by atoms with E-state index >= 15 is 0 Å². The molecule has 0 heterocycles. The summed E-state index contributed by atoms with van der Waals surface area (Å²) < 4.78 is 15.4. The fourth-order valence-electron chi connectivity index (χ4n) is 2.25. The van der Waals surface area contributed by atoms with E-state index in [4.69, 9.17) is 14.2 Å². The van der Waals surface area contributed by atoms with Gasteiger partial charge in [-0.3, -0.25) is 4.79 Å². The number of methoxy groups -OCH3 is 3. The Morgan fingerprint density at radius 3 is 2.31 bits per heavy atom. The zero-order valence-corrected chi connectivity index (χ0v) is 14.6. The molecule has 0 bridgehead atoms. The van der Waals surface area contributed by atoms with Crippen LogP contribution in [0.25, 0.3) is 6.08 Å². The van der Waals surface area contributed by atoms with E-state index in [1.807, 2.05) is 6.07 Å². The lowest BCUT2D eigenvalue weighted by Crippen LogP contribution is -2.12. The minimum absolute atomic E-state index is 0.106. The average Bonchev–Trinajstić information content (AvgIpc) is 2.65. The molecule has 0 atom stereocenters. The van der Waals surface area contributed by atoms with Gasteiger partial charge in [-0.1, -0.05) is 12.1 Å². The smallest absolute Gasteiger partial charge is 0.337 e. The Kier molecular flexibility index (Phi) is 6.21. The Balaban J connectivity index is 2.24. The summed E-state index contributed by atoms with van der Waals surface area (Å²) in [6.07, 6.45) is 2.90. The molecule has 2 N–H and O–H groups in total. The molecule has 26 heavy (non-hydrogen) atoms. The Bertz CT molecular complexity index is 844. The summed E-state index contributed by atoms with van der Waals surface area (Å²) in [7, 11) is 4.38. The predicted octanol–water partition coefficient (Wildman–Crippen LogP) is 3.06. The number of ether oxygens (including phenoxy) is 3. The number of carbonyl (C=O) groups excluding carboxylic acids is 1. The number of carboxylic acids is 1. The zero-order valence-electron chi connectivity index (χ0n) is 14.6. The summed E-state index contributed by atoms with van der Waals surface area (Å²) in [5.41, 5.74) is 0.770. The molecule has 7 heteroatoms. The highest BCUT2D eigenvalue weighted by Gasteiger charge is 2.17. The van der Waals surface area contributed by atoms with E-state index in [2.05, 4.69) is 5.32 Å². The van der Waals surface area contributed by atoms with E-state index in [-0.39, 0.29) is 17.0 Å². The van der Waals surface area contributed by atoms with Gasteiger partial charge in [-0.25, -0.2) is 4.79 Å². The SMILES string of the molecule is COc1cccc(/C=C/C(=O)Nc2cc(OC)c(OC)cc2C(=O)O)c1. The molecule has 0 saturated carbocycles. The number of hydrogen-bond acceptors (Lipinski definition) is 5. The summed E-state index contributed by atoms with van der Waals surface area (Å²) in [5.74, 6) is -0.444. The van der Waals surface area contributed by atoms with Crippen LogP contribution in [0.3, 0.4) is 0 Å². The van der Waals surface area contributed by atoms with Crippen molar-refractivity contribution in [2.24, 2.45) is 0 Å². The van der Waals surface area contributed by atoms with Crippen LogP contribution in [0.4, 0.5) is 5.69 Å². The van der Waals surface area contributed by atoms with Gasteiger partial charge in [-0.2, -0.15) is 0 Å². The van der Waals surface area contributed by atoms with Crippen molar-refractivity contribution in [2.75, 3.05) is 26.6 Å². The second-order valence-corrected chi connectivity index (χ2v) is 5.16. The number of nitrogens with one attached hydrogen (secondary N) is 1. The molecular formula is C19H19NO6. The fourth-order valence-corrected chi connectivity index (χ4v) is 2.25. The molecule has 136 valence electrons. The van der Waals surface area contributed by atoms with Crippen molar-refractivity contribution < 1.29 is 28.9 Å². The van der Waals surface area contributed by atoms with E-state index in [1.165, 1.54) is 32.4 Å². The van der Waals surface area contributed by atoms with Crippen molar-refractivity contribution in [3.63, 3.8) is 0 Å². The van der Waals surface area contributed by atoms with Crippen LogP contribution in [0.5, 0.6) is 17.2 Å². The lowest BCUT2D eigenvalue weighted by molar-refractivity contribution is -0.111. The minimum atomic E-state index is -1.20. The van der Waals surface area contributed by atoms with Gasteiger partial charge in [0, 0.05) is 18.2 Å². The second-order valence-electron chi connectivity index (χ2n) is 5.16. The third-order valence-electron chi connectivity index (χ3n) is 3.53. The topological polar surface area (TPSA) is 94.1 Å². The van der Waals surface area contributed by atoms with Crippen molar-refractivity contribution in [3.8, 4) is 17.2 Å². The van der Waals surface area contributed by atoms with Crippen LogP contribution in [-0.4, -0.2) is 38.3 Å². The largest absolute Gasteiger partial charge is 0.497 e. The molecule has 0 aromatic heterocycles. The van der Waals surface area contributed by atoms with Gasteiger partial charge in [0.05, 0.1) is 32.6 Å². The van der Waals surface area contributed by atoms with Gasteiger partial charge in [0.25, 0.3) is 0 Å². The highest BCUT2D eigenvalue weighted by Crippen LogP contribution is 2.33. The third kappa shape index (κ3) is 4.54. The molecule has 2 aromatic carbocycles. The molecule has 0 aliphatic carbocycles. The van der Waals surface area contributed by atoms with Gasteiger partial charge < -0.3 is 24.6 Å². The molecule has 1 amide bonds. The molecule has 0 aliphatic heterocycles. The summed E-state index contributed by atoms with van der Waals surface area (Å²) in [4.78, 5) is 23.6. The molecular weight excluding hydrogens is 338 g/mol. The maximum absolute atomic E-state index is 12.2. The van der Waals surface area contributed by atoms with Crippen LogP contribution >= 0.6 is 0 Å². The van der Waals surface area contributed by atoms with E-state index in [0.29, 0.717) is 11.5 Å². The summed E-state index contributed by atoms with van der Waals surface area (Å²) in [6, 6.07) is 9.86. The molecule has 0 radical (unpaired) electrons. The number of rotatable bonds is 7. The quantitative estimate of drug-likeness (QED) is 0.740. The second kappa shape index (κ2) is 8.57. The van der Waals surface area contributed by atoms with Crippen LogP contribution < -0.4 is 19.5 Å². The monoisotopic (exact) mass is 357 g/mol. The van der Waals surface area contributed by atoms with Gasteiger partial charge in [-0.15, -0.1) is 0 Å². The Morgan fingerprint density at radius 2 is 1.69 bits per heavy atom. The first-order valence-corrected chi connectivity index (χ1v) is 7.61. The number of amides is 1. The maximum Gasteiger partial charge on any atom is 0.337 e. The van der Waals surface area contributed by atoms with Crippen molar-refractivity contribution in [2.45, 2.75) is 0 Å². The molecule has 7 nitrogen and oxygen atoms in total. The molecule has 0 spiro atoms. The van der Waals surface area contributed by atoms with Gasteiger partial charge in [0.2, 0.25) is 5.91 Å². The highest BCUT2D eigenvalue weighted by atomic mass is 16.5. The Morgan fingerprint density at radius 1 is 1.00 bits per heavy atom. The lowest BCUT2D eigenvalue weighted by Gasteiger charge is -2.13. The normalized spacial score (nSPS) is 10.4. The number of carboxylic acid groups (broad SMARTS) is 1. The predicted molar refractivity (Wildman–Crippen MR) is 97.2 cm³/mol. The van der Waals surface area contributed by atoms with Gasteiger partial charge in [-0.05, 0) is 23.8 Å². The van der Waals surface area contributed by atoms with Crippen LogP contribution in [0.2, 0.25) is 0 Å². The first-order chi connectivity index (χ1) is 12.5. The fraction of sp³-hybridized carbons (Fsp3) is 0.158. The Labute approximate surface area is 150 Å². The third-order valence-corrected chi connectivity index (χ3v) is 3.53. The van der Waals surface area contributed by atoms with Crippen LogP contribution in [-0.2, 0) is 4.79 Å². The molecule has 2 aromatic rings. The first-order valence-electron chi connectivity index (χ1n) is 7.61. The minimum Gasteiger partial charge on any atom is -0.497 e. The highest BCUT2D eigenvalue weighted by molar-refractivity contribution is 6.06. The number of hydrogen-bond donors (Lipinski definition) is 2. The molecule has 0 fully saturated rings. The van der Waals surface area contributed by atoms with Gasteiger partial charge in [0.15, 0.2) is 11.5 Å². The van der Waals surface area contributed by atoms with Crippen molar-refractivity contribution in [1.82, 2.24) is 0 Å². The zero-order chi connectivity index (χ0) is 19.1. The van der Waals surface area contributed by atoms with Crippen LogP contribution in [0.15, 0.2) is 42.5 Å². The maximum atomic E-state index is 12.2. The number of benzene rings is 2. The molecule has 0 aliphatic rings. The van der Waals surface area contributed by atoms with E-state index in [1.54, 1.807) is 31.4 Å². The summed E-state index contributed by atoms with van der Waals surface area (Å²) in [5, 5.41) is 11.9. The number of anilines is 1. The van der Waals surface area contributed by atoms with E-state index in [9.17, 15) is 14.7 Å². The van der Waals surface area contributed by atoms with Crippen LogP contribution in [0.1, 0.15) is 15.9 Å². The van der Waals surface area contributed by atoms with Crippen LogP contribution in [0, 0.1) is 0 Å². The lowest BCUT2D eigenvalue weighted by atomic mass is 10.1. The van der Waals surface area contributed by atoms with Crippen molar-refractivity contribution >= 4 is 23.6 Å². The number of carbonyl (C=O) groups is 2. The van der Waals surface area contributed by atoms with E-state index in [0.717, 1.165) is 5.56 Å². The molecule has 0 saturated heterocycles. The average molecular weight is 357 g/mol. The summed E-state index contributed by atoms with van der Waals surface area (Å²) in [6.45, 7) is 0. The standard InChI is InChI=1S/C19H19NO6/c1-24-13-6-4-5-12(9-13)7-8-18(21)20-15-11-17(26-3)16(25-2)10-14(15)19(22)23/h4-11H,1-3H3,(H,20,21)(H,22,23)/b8-7+. The van der Waals surface area contributed by atoms with E-state index < -0.39 is 11.9 Å². The summed E-state index contributed by atoms with van der Waals surface area (Å²) >= 11 is 0. The van der Waals surface area contributed by atoms with Crippen molar-refractivity contribution in [1.29, 1.82) is 0 Å². The van der Waals surface area contributed by atoms with Crippen molar-refractivity contribution in [3.05, 3.63) is 53.6 Å². The van der Waals surface area contributed by atoms with Gasteiger partial charge >= 0.3 is 5.97 Å². The molecule has 2 rings (SSSR count). The first kappa shape index (κ1) is 18.9.